The molecule has 1 aliphatic heterocycles. The van der Waals surface area contributed by atoms with Gasteiger partial charge in [0.1, 0.15) is 10.1 Å². The molecule has 0 unspecified atom stereocenters. The molecule has 1 aromatic heterocycles. The summed E-state index contributed by atoms with van der Waals surface area (Å²) in [6.07, 6.45) is 1.77. The lowest BCUT2D eigenvalue weighted by Crippen LogP contribution is -2.21. The number of anilines is 1. The second-order valence-corrected chi connectivity index (χ2v) is 7.18. The molecule has 7 nitrogen and oxygen atoms in total. The van der Waals surface area contributed by atoms with E-state index in [1.54, 1.807) is 13.0 Å². The molecule has 0 atom stereocenters. The summed E-state index contributed by atoms with van der Waals surface area (Å²) < 4.78 is 32.8. The molecule has 1 aliphatic rings. The van der Waals surface area contributed by atoms with Crippen molar-refractivity contribution in [1.82, 2.24) is 6.15 Å². The minimum absolute atomic E-state index is 0. The Morgan fingerprint density at radius 2 is 1.88 bits per heavy atom. The Labute approximate surface area is 143 Å². The van der Waals surface area contributed by atoms with Crippen LogP contribution in [0, 0.1) is 0 Å². The highest BCUT2D eigenvalue weighted by atomic mass is 32.2. The van der Waals surface area contributed by atoms with Gasteiger partial charge in [0.25, 0.3) is 5.91 Å². The average molecular weight is 365 g/mol. The summed E-state index contributed by atoms with van der Waals surface area (Å²) in [5, 5.41) is 7.31. The predicted molar refractivity (Wildman–Crippen MR) is 93.3 cm³/mol. The molecule has 0 saturated heterocycles. The molecule has 24 heavy (non-hydrogen) atoms. The minimum Gasteiger partial charge on any atom is -0.744 e. The monoisotopic (exact) mass is 365 g/mol. The highest BCUT2D eigenvalue weighted by molar-refractivity contribution is 7.85. The quantitative estimate of drug-likeness (QED) is 0.662. The van der Waals surface area contributed by atoms with Gasteiger partial charge in [0.15, 0.2) is 0 Å². The van der Waals surface area contributed by atoms with Crippen molar-refractivity contribution in [3.8, 4) is 0 Å². The van der Waals surface area contributed by atoms with E-state index in [4.69, 9.17) is 0 Å². The second-order valence-electron chi connectivity index (χ2n) is 4.82. The zero-order chi connectivity index (χ0) is 16.6. The number of hydrazone groups is 1. The highest BCUT2D eigenvalue weighted by Gasteiger charge is 2.28. The number of carbonyl (C=O) groups excluding carboxylic acids is 1. The average Bonchev–Trinajstić information content (AvgIpc) is 3.10. The van der Waals surface area contributed by atoms with Crippen LogP contribution in [0.5, 0.6) is 0 Å². The zero-order valence-electron chi connectivity index (χ0n) is 13.0. The zero-order valence-corrected chi connectivity index (χ0v) is 14.6. The third-order valence-electron chi connectivity index (χ3n) is 3.26. The number of thiophene rings is 1. The number of rotatable bonds is 3. The number of benzene rings is 1. The summed E-state index contributed by atoms with van der Waals surface area (Å²) in [6.45, 7) is 1.73. The lowest BCUT2D eigenvalue weighted by Gasteiger charge is -2.13. The van der Waals surface area contributed by atoms with Gasteiger partial charge in [0, 0.05) is 4.88 Å². The smallest absolute Gasteiger partial charge is 0.280 e. The van der Waals surface area contributed by atoms with Crippen LogP contribution in [0.3, 0.4) is 0 Å². The number of quaternary nitrogens is 1. The summed E-state index contributed by atoms with van der Waals surface area (Å²) in [7, 11) is -4.51. The third-order valence-corrected chi connectivity index (χ3v) is 4.93. The molecule has 0 radical (unpaired) electrons. The van der Waals surface area contributed by atoms with Crippen LogP contribution >= 0.6 is 11.3 Å². The van der Waals surface area contributed by atoms with Crippen molar-refractivity contribution in [2.45, 2.75) is 11.8 Å². The van der Waals surface area contributed by atoms with Gasteiger partial charge >= 0.3 is 0 Å². The second kappa shape index (κ2) is 6.65. The summed E-state index contributed by atoms with van der Waals surface area (Å²) in [5.74, 6) is -0.298. The largest absolute Gasteiger partial charge is 0.744 e. The first-order chi connectivity index (χ1) is 10.9. The topological polar surface area (TPSA) is 126 Å². The van der Waals surface area contributed by atoms with E-state index in [-0.39, 0.29) is 17.0 Å². The highest BCUT2D eigenvalue weighted by Crippen LogP contribution is 2.26. The van der Waals surface area contributed by atoms with Gasteiger partial charge in [0.2, 0.25) is 0 Å². The number of carbonyl (C=O) groups is 1. The first-order valence-corrected chi connectivity index (χ1v) is 8.86. The Balaban J connectivity index is 0.00000208. The molecule has 0 aliphatic carbocycles. The Kier molecular flexibility index (Phi) is 4.99. The van der Waals surface area contributed by atoms with Crippen molar-refractivity contribution in [1.29, 1.82) is 0 Å². The molecule has 4 N–H and O–H groups in total. The first kappa shape index (κ1) is 18.0. The summed E-state index contributed by atoms with van der Waals surface area (Å²) in [5.41, 5.74) is 1.45. The van der Waals surface area contributed by atoms with Gasteiger partial charge in [-0.2, -0.15) is 10.1 Å². The van der Waals surface area contributed by atoms with E-state index in [0.29, 0.717) is 17.0 Å². The molecule has 2 aromatic rings. The van der Waals surface area contributed by atoms with E-state index in [9.17, 15) is 17.8 Å². The maximum absolute atomic E-state index is 12.5. The lowest BCUT2D eigenvalue weighted by molar-refractivity contribution is -0.114. The normalized spacial score (nSPS) is 16.2. The number of hydrogen-bond acceptors (Lipinski definition) is 6. The van der Waals surface area contributed by atoms with E-state index in [1.165, 1.54) is 28.5 Å². The van der Waals surface area contributed by atoms with Gasteiger partial charge in [-0.15, -0.1) is 11.3 Å². The predicted octanol–water partition coefficient (Wildman–Crippen LogP) is 2.83. The van der Waals surface area contributed by atoms with E-state index in [1.807, 2.05) is 17.5 Å². The van der Waals surface area contributed by atoms with Gasteiger partial charge in [-0.05, 0) is 48.7 Å². The first-order valence-electron chi connectivity index (χ1n) is 6.57. The fourth-order valence-electron chi connectivity index (χ4n) is 2.13. The minimum atomic E-state index is -4.51. The third kappa shape index (κ3) is 3.44. The van der Waals surface area contributed by atoms with Gasteiger partial charge in [-0.3, -0.25) is 4.79 Å². The fourth-order valence-corrected chi connectivity index (χ4v) is 3.26. The van der Waals surface area contributed by atoms with Crippen LogP contribution in [-0.4, -0.2) is 24.6 Å². The fraction of sp³-hybridized carbons (Fsp3) is 0.0667. The van der Waals surface area contributed by atoms with E-state index < -0.39 is 10.1 Å². The molecule has 0 bridgehead atoms. The molecule has 9 heteroatoms. The Bertz CT molecular complexity index is 914. The Morgan fingerprint density at radius 1 is 1.21 bits per heavy atom. The van der Waals surface area contributed by atoms with Crippen molar-refractivity contribution in [2.75, 3.05) is 5.01 Å². The van der Waals surface area contributed by atoms with Gasteiger partial charge in [-0.1, -0.05) is 6.07 Å². The van der Waals surface area contributed by atoms with Crippen LogP contribution in [0.25, 0.3) is 6.08 Å². The molecule has 0 spiro atoms. The van der Waals surface area contributed by atoms with Gasteiger partial charge in [-0.25, -0.2) is 8.42 Å². The standard InChI is InChI=1S/C15H12N2O4S2.H3N/c1-10-14(9-12-3-2-8-22-12)15(18)17(16-10)11-4-6-13(7-5-11)23(19,20)21;/h2-9H,1H3,(H,19,20,21);1H3/b14-9-;. The number of nitrogens with zero attached hydrogens (tertiary/aromatic N) is 2. The molecule has 126 valence electrons. The summed E-state index contributed by atoms with van der Waals surface area (Å²) >= 11 is 1.51. The number of hydrogen-bond donors (Lipinski definition) is 1. The van der Waals surface area contributed by atoms with Gasteiger partial charge in [0.05, 0.1) is 21.9 Å². The van der Waals surface area contributed by atoms with Crippen LogP contribution in [0.15, 0.2) is 57.3 Å². The van der Waals surface area contributed by atoms with Crippen molar-refractivity contribution >= 4 is 44.8 Å². The van der Waals surface area contributed by atoms with E-state index >= 15 is 0 Å². The van der Waals surface area contributed by atoms with Gasteiger partial charge < -0.3 is 10.7 Å². The van der Waals surface area contributed by atoms with Crippen molar-refractivity contribution in [3.63, 3.8) is 0 Å². The van der Waals surface area contributed by atoms with Crippen LogP contribution < -0.4 is 11.2 Å². The summed E-state index contributed by atoms with van der Waals surface area (Å²) in [6, 6.07) is 8.88. The molecule has 2 heterocycles. The molecule has 0 fully saturated rings. The van der Waals surface area contributed by atoms with Crippen molar-refractivity contribution in [3.05, 3.63) is 52.2 Å². The molecular weight excluding hydrogens is 350 g/mol. The molecule has 0 saturated carbocycles. The van der Waals surface area contributed by atoms with Crippen LogP contribution in [0.4, 0.5) is 5.69 Å². The lowest BCUT2D eigenvalue weighted by atomic mass is 10.1. The molecular formula is C15H15N3O4S2. The molecule has 1 amide bonds. The van der Waals surface area contributed by atoms with Crippen LogP contribution in [0.2, 0.25) is 0 Å². The molecule has 1 aromatic carbocycles. The maximum Gasteiger partial charge on any atom is 0.280 e. The number of amides is 1. The Hall–Kier alpha value is -2.33. The van der Waals surface area contributed by atoms with Crippen LogP contribution in [0.1, 0.15) is 11.8 Å². The van der Waals surface area contributed by atoms with Crippen LogP contribution in [-0.2, 0) is 14.9 Å². The van der Waals surface area contributed by atoms with Crippen molar-refractivity contribution in [2.24, 2.45) is 5.10 Å². The van der Waals surface area contributed by atoms with Crippen molar-refractivity contribution < 1.29 is 17.8 Å². The maximum atomic E-state index is 12.5. The summed E-state index contributed by atoms with van der Waals surface area (Å²) in [4.78, 5) is 13.1. The van der Waals surface area contributed by atoms with E-state index in [0.717, 1.165) is 17.0 Å². The Morgan fingerprint density at radius 3 is 2.42 bits per heavy atom. The SMILES string of the molecule is CC1=NN(c2ccc(S(=O)(=O)[O-])cc2)C(=O)/C1=C\c1cccs1.[NH4+]. The van der Waals surface area contributed by atoms with E-state index in [2.05, 4.69) is 5.10 Å². The molecule has 3 rings (SSSR count).